The first-order valence-corrected chi connectivity index (χ1v) is 7.49. The van der Waals surface area contributed by atoms with Crippen LogP contribution in [-0.2, 0) is 11.3 Å². The van der Waals surface area contributed by atoms with Gasteiger partial charge in [-0.1, -0.05) is 12.1 Å². The Kier molecular flexibility index (Phi) is 5.08. The number of nitriles is 1. The lowest BCUT2D eigenvalue weighted by Gasteiger charge is -2.19. The van der Waals surface area contributed by atoms with E-state index in [1.54, 1.807) is 45.0 Å². The first kappa shape index (κ1) is 18.0. The molecule has 1 aromatic heterocycles. The first-order chi connectivity index (χ1) is 11.7. The van der Waals surface area contributed by atoms with Gasteiger partial charge in [0.15, 0.2) is 11.4 Å². The molecule has 0 saturated heterocycles. The predicted octanol–water partition coefficient (Wildman–Crippen LogP) is 2.47. The lowest BCUT2D eigenvalue weighted by Crippen LogP contribution is -2.32. The highest BCUT2D eigenvalue weighted by Gasteiger charge is 2.17. The minimum absolute atomic E-state index is 0.00897. The molecule has 8 heteroatoms. The molecule has 1 amide bonds. The third kappa shape index (κ3) is 4.81. The molecule has 1 aromatic carbocycles. The molecule has 25 heavy (non-hydrogen) atoms. The van der Waals surface area contributed by atoms with Crippen molar-refractivity contribution in [2.45, 2.75) is 32.9 Å². The Morgan fingerprint density at radius 3 is 2.68 bits per heavy atom. The van der Waals surface area contributed by atoms with E-state index in [-0.39, 0.29) is 17.9 Å². The highest BCUT2D eigenvalue weighted by Crippen LogP contribution is 2.15. The summed E-state index contributed by atoms with van der Waals surface area (Å²) in [5, 5.41) is 24.8. The molecule has 0 aliphatic carbocycles. The van der Waals surface area contributed by atoms with Crippen LogP contribution in [0.15, 0.2) is 30.3 Å². The molecule has 2 rings (SSSR count). The minimum atomic E-state index is -1.19. The van der Waals surface area contributed by atoms with Crippen LogP contribution in [-0.4, -0.2) is 32.6 Å². The van der Waals surface area contributed by atoms with Gasteiger partial charge in [-0.2, -0.15) is 10.4 Å². The van der Waals surface area contributed by atoms with Crippen molar-refractivity contribution < 1.29 is 19.4 Å². The van der Waals surface area contributed by atoms with Gasteiger partial charge in [-0.05, 0) is 38.5 Å². The molecule has 0 aliphatic rings. The summed E-state index contributed by atoms with van der Waals surface area (Å²) in [6.07, 6.45) is -0.546. The van der Waals surface area contributed by atoms with E-state index in [1.165, 1.54) is 10.7 Å². The van der Waals surface area contributed by atoms with Crippen LogP contribution in [0.25, 0.3) is 5.69 Å². The van der Waals surface area contributed by atoms with Gasteiger partial charge < -0.3 is 15.2 Å². The van der Waals surface area contributed by atoms with Gasteiger partial charge in [0.05, 0.1) is 5.69 Å². The largest absolute Gasteiger partial charge is 0.477 e. The second-order valence-corrected chi connectivity index (χ2v) is 6.27. The second kappa shape index (κ2) is 7.05. The molecule has 1 heterocycles. The maximum absolute atomic E-state index is 11.7. The van der Waals surface area contributed by atoms with Gasteiger partial charge in [0, 0.05) is 12.6 Å². The zero-order valence-electron chi connectivity index (χ0n) is 14.1. The zero-order chi connectivity index (χ0) is 18.6. The fraction of sp³-hybridized carbons (Fsp3) is 0.294. The molecule has 0 atom stereocenters. The highest BCUT2D eigenvalue weighted by molar-refractivity contribution is 5.86. The number of hydrogen-bond acceptors (Lipinski definition) is 5. The van der Waals surface area contributed by atoms with Crippen molar-refractivity contribution in [3.05, 3.63) is 47.3 Å². The Morgan fingerprint density at radius 2 is 2.08 bits per heavy atom. The van der Waals surface area contributed by atoms with Crippen molar-refractivity contribution in [2.24, 2.45) is 0 Å². The number of carbonyl (C=O) groups is 2. The molecule has 2 N–H and O–H groups in total. The molecular weight excluding hydrogens is 324 g/mol. The number of carboxylic acid groups (broad SMARTS) is 1. The Hall–Kier alpha value is -3.34. The number of nitrogens with one attached hydrogen (secondary N) is 1. The van der Waals surface area contributed by atoms with Gasteiger partial charge in [-0.3, -0.25) is 0 Å². The zero-order valence-corrected chi connectivity index (χ0v) is 14.1. The Balaban J connectivity index is 2.20. The number of aromatic nitrogens is 2. The van der Waals surface area contributed by atoms with Crippen LogP contribution in [0.2, 0.25) is 0 Å². The molecule has 130 valence electrons. The van der Waals surface area contributed by atoms with E-state index in [0.717, 1.165) is 5.56 Å². The van der Waals surface area contributed by atoms with Gasteiger partial charge in [-0.15, -0.1) is 0 Å². The van der Waals surface area contributed by atoms with Crippen molar-refractivity contribution in [1.82, 2.24) is 15.1 Å². The normalized spacial score (nSPS) is 10.8. The number of alkyl carbamates (subject to hydrolysis) is 1. The summed E-state index contributed by atoms with van der Waals surface area (Å²) in [6.45, 7) is 5.51. The molecule has 0 saturated carbocycles. The van der Waals surface area contributed by atoms with E-state index in [4.69, 9.17) is 10.00 Å². The molecule has 0 unspecified atom stereocenters. The average molecular weight is 342 g/mol. The van der Waals surface area contributed by atoms with Crippen LogP contribution in [0.5, 0.6) is 0 Å². The first-order valence-electron chi connectivity index (χ1n) is 7.49. The molecule has 0 aliphatic heterocycles. The molecular formula is C17H18N4O4. The van der Waals surface area contributed by atoms with Crippen molar-refractivity contribution in [2.75, 3.05) is 0 Å². The predicted molar refractivity (Wildman–Crippen MR) is 88.3 cm³/mol. The van der Waals surface area contributed by atoms with Gasteiger partial charge in [0.25, 0.3) is 0 Å². The summed E-state index contributed by atoms with van der Waals surface area (Å²) >= 11 is 0. The number of hydrogen-bond donors (Lipinski definition) is 2. The minimum Gasteiger partial charge on any atom is -0.477 e. The molecule has 0 bridgehead atoms. The van der Waals surface area contributed by atoms with E-state index in [9.17, 15) is 14.7 Å². The van der Waals surface area contributed by atoms with Crippen LogP contribution < -0.4 is 5.32 Å². The topological polar surface area (TPSA) is 117 Å². The molecule has 8 nitrogen and oxygen atoms in total. The number of carboxylic acids is 1. The summed E-state index contributed by atoms with van der Waals surface area (Å²) in [5.41, 5.74) is 0.505. The van der Waals surface area contributed by atoms with Gasteiger partial charge in [0.2, 0.25) is 0 Å². The summed E-state index contributed by atoms with van der Waals surface area (Å²) in [7, 11) is 0. The Bertz CT molecular complexity index is 843. The lowest BCUT2D eigenvalue weighted by atomic mass is 10.2. The van der Waals surface area contributed by atoms with Crippen LogP contribution >= 0.6 is 0 Å². The smallest absolute Gasteiger partial charge is 0.407 e. The maximum atomic E-state index is 11.7. The van der Waals surface area contributed by atoms with Gasteiger partial charge in [-0.25, -0.2) is 14.3 Å². The van der Waals surface area contributed by atoms with Crippen molar-refractivity contribution in [1.29, 1.82) is 5.26 Å². The number of nitrogens with zero attached hydrogens (tertiary/aromatic N) is 3. The van der Waals surface area contributed by atoms with Gasteiger partial charge in [0.1, 0.15) is 11.7 Å². The quantitative estimate of drug-likeness (QED) is 0.881. The Labute approximate surface area is 144 Å². The van der Waals surface area contributed by atoms with Crippen molar-refractivity contribution in [3.63, 3.8) is 0 Å². The number of aromatic carboxylic acids is 1. The summed E-state index contributed by atoms with van der Waals surface area (Å²) in [6, 6.07) is 9.85. The fourth-order valence-electron chi connectivity index (χ4n) is 2.07. The van der Waals surface area contributed by atoms with E-state index >= 15 is 0 Å². The summed E-state index contributed by atoms with van der Waals surface area (Å²) in [5.74, 6) is -1.19. The lowest BCUT2D eigenvalue weighted by molar-refractivity contribution is 0.0523. The average Bonchev–Trinajstić information content (AvgIpc) is 2.96. The second-order valence-electron chi connectivity index (χ2n) is 6.27. The SMILES string of the molecule is CC(C)(C)OC(=O)NCc1cccc(-n2nc(C#N)cc2C(=O)O)c1. The fourth-order valence-corrected chi connectivity index (χ4v) is 2.07. The molecule has 0 spiro atoms. The van der Waals surface area contributed by atoms with E-state index < -0.39 is 17.7 Å². The number of amides is 1. The monoisotopic (exact) mass is 342 g/mol. The number of rotatable bonds is 4. The number of carbonyl (C=O) groups excluding carboxylic acids is 1. The van der Waals surface area contributed by atoms with Crippen LogP contribution in [0.4, 0.5) is 4.79 Å². The van der Waals surface area contributed by atoms with Crippen molar-refractivity contribution in [3.8, 4) is 11.8 Å². The standard InChI is InChI=1S/C17H18N4O4/c1-17(2,3)25-16(24)19-10-11-5-4-6-13(7-11)21-14(15(22)23)8-12(9-18)20-21/h4-8H,10H2,1-3H3,(H,19,24)(H,22,23). The molecule has 0 radical (unpaired) electrons. The van der Waals surface area contributed by atoms with E-state index in [1.807, 2.05) is 6.07 Å². The van der Waals surface area contributed by atoms with Crippen LogP contribution in [0.3, 0.4) is 0 Å². The highest BCUT2D eigenvalue weighted by atomic mass is 16.6. The van der Waals surface area contributed by atoms with Crippen molar-refractivity contribution >= 4 is 12.1 Å². The number of benzene rings is 1. The van der Waals surface area contributed by atoms with Crippen LogP contribution in [0, 0.1) is 11.3 Å². The Morgan fingerprint density at radius 1 is 1.36 bits per heavy atom. The summed E-state index contributed by atoms with van der Waals surface area (Å²) in [4.78, 5) is 23.0. The third-order valence-electron chi connectivity index (χ3n) is 3.03. The van der Waals surface area contributed by atoms with E-state index in [2.05, 4.69) is 10.4 Å². The van der Waals surface area contributed by atoms with Crippen LogP contribution in [0.1, 0.15) is 42.5 Å². The maximum Gasteiger partial charge on any atom is 0.407 e. The summed E-state index contributed by atoms with van der Waals surface area (Å²) < 4.78 is 6.34. The third-order valence-corrected chi connectivity index (χ3v) is 3.03. The van der Waals surface area contributed by atoms with Gasteiger partial charge >= 0.3 is 12.1 Å². The molecule has 2 aromatic rings. The molecule has 0 fully saturated rings. The number of ether oxygens (including phenoxy) is 1. The van der Waals surface area contributed by atoms with E-state index in [0.29, 0.717) is 5.69 Å².